The van der Waals surface area contributed by atoms with Gasteiger partial charge in [0, 0.05) is 6.54 Å². The van der Waals surface area contributed by atoms with Gasteiger partial charge in [0.25, 0.3) is 0 Å². The predicted octanol–water partition coefficient (Wildman–Crippen LogP) is 3.90. The van der Waals surface area contributed by atoms with Crippen LogP contribution >= 0.6 is 0 Å². The molecule has 0 unspecified atom stereocenters. The van der Waals surface area contributed by atoms with E-state index in [2.05, 4.69) is 37.4 Å². The standard InChI is InChI=1S/C23H32N2O3S/c1-7-19-10-11-20(8-2)21(14-19)15-24-23(26)18(5)25(29(6,27)28)22-12-9-16(3)17(4)13-22/h9-14,18H,7-8,15H2,1-6H3,(H,24,26)/t18-/m0/s1. The molecule has 6 heteroatoms. The Morgan fingerprint density at radius 2 is 1.69 bits per heavy atom. The molecule has 1 amide bonds. The van der Waals surface area contributed by atoms with Gasteiger partial charge in [-0.1, -0.05) is 38.1 Å². The summed E-state index contributed by atoms with van der Waals surface area (Å²) in [4.78, 5) is 12.9. The Morgan fingerprint density at radius 1 is 1.00 bits per heavy atom. The van der Waals surface area contributed by atoms with Gasteiger partial charge < -0.3 is 5.32 Å². The number of benzene rings is 2. The van der Waals surface area contributed by atoms with Crippen LogP contribution in [-0.2, 0) is 34.2 Å². The van der Waals surface area contributed by atoms with Crippen LogP contribution in [-0.4, -0.2) is 26.6 Å². The van der Waals surface area contributed by atoms with Gasteiger partial charge in [0.05, 0.1) is 11.9 Å². The SMILES string of the molecule is CCc1ccc(CC)c(CNC(=O)[C@H](C)N(c2ccc(C)c(C)c2)S(C)(=O)=O)c1. The molecule has 0 saturated heterocycles. The number of sulfonamides is 1. The molecule has 1 atom stereocenters. The minimum atomic E-state index is -3.63. The average molecular weight is 417 g/mol. The van der Waals surface area contributed by atoms with Gasteiger partial charge in [-0.15, -0.1) is 0 Å². The second kappa shape index (κ2) is 9.44. The van der Waals surface area contributed by atoms with Gasteiger partial charge in [-0.3, -0.25) is 9.10 Å². The summed E-state index contributed by atoms with van der Waals surface area (Å²) < 4.78 is 26.1. The van der Waals surface area contributed by atoms with Crippen molar-refractivity contribution < 1.29 is 13.2 Å². The van der Waals surface area contributed by atoms with Crippen LogP contribution in [0.15, 0.2) is 36.4 Å². The lowest BCUT2D eigenvalue weighted by molar-refractivity contribution is -0.122. The van der Waals surface area contributed by atoms with E-state index in [0.29, 0.717) is 12.2 Å². The zero-order valence-electron chi connectivity index (χ0n) is 18.2. The summed E-state index contributed by atoms with van der Waals surface area (Å²) in [6, 6.07) is 10.9. The number of aryl methyl sites for hydroxylation is 4. The summed E-state index contributed by atoms with van der Waals surface area (Å²) in [6.07, 6.45) is 2.94. The van der Waals surface area contributed by atoms with E-state index in [9.17, 15) is 13.2 Å². The van der Waals surface area contributed by atoms with Crippen LogP contribution in [0.5, 0.6) is 0 Å². The number of rotatable bonds is 8. The minimum absolute atomic E-state index is 0.322. The molecule has 2 rings (SSSR count). The third-order valence-electron chi connectivity index (χ3n) is 5.35. The van der Waals surface area contributed by atoms with E-state index < -0.39 is 16.1 Å². The lowest BCUT2D eigenvalue weighted by Crippen LogP contribution is -2.47. The lowest BCUT2D eigenvalue weighted by atomic mass is 10.0. The first-order chi connectivity index (χ1) is 13.6. The summed E-state index contributed by atoms with van der Waals surface area (Å²) in [7, 11) is -3.63. The number of amides is 1. The van der Waals surface area contributed by atoms with Crippen molar-refractivity contribution in [2.45, 2.75) is 60.0 Å². The van der Waals surface area contributed by atoms with E-state index in [1.807, 2.05) is 19.9 Å². The van der Waals surface area contributed by atoms with Gasteiger partial charge in [0.15, 0.2) is 0 Å². The Bertz CT molecular complexity index is 984. The van der Waals surface area contributed by atoms with E-state index in [1.165, 1.54) is 15.4 Å². The molecule has 0 aromatic heterocycles. The highest BCUT2D eigenvalue weighted by atomic mass is 32.2. The number of nitrogens with one attached hydrogen (secondary N) is 1. The topological polar surface area (TPSA) is 66.5 Å². The van der Waals surface area contributed by atoms with Crippen molar-refractivity contribution in [2.24, 2.45) is 0 Å². The quantitative estimate of drug-likeness (QED) is 0.710. The van der Waals surface area contributed by atoms with Crippen LogP contribution in [0.25, 0.3) is 0 Å². The molecule has 1 N–H and O–H groups in total. The molecule has 0 fully saturated rings. The highest BCUT2D eigenvalue weighted by Crippen LogP contribution is 2.24. The van der Waals surface area contributed by atoms with E-state index >= 15 is 0 Å². The molecule has 5 nitrogen and oxygen atoms in total. The van der Waals surface area contributed by atoms with Crippen LogP contribution in [0, 0.1) is 13.8 Å². The molecule has 0 spiro atoms. The smallest absolute Gasteiger partial charge is 0.243 e. The molecule has 2 aromatic carbocycles. The summed E-state index contributed by atoms with van der Waals surface area (Å²) in [5.74, 6) is -0.322. The number of carbonyl (C=O) groups excluding carboxylic acids is 1. The Hall–Kier alpha value is -2.34. The van der Waals surface area contributed by atoms with Gasteiger partial charge in [-0.25, -0.2) is 8.42 Å². The van der Waals surface area contributed by atoms with Gasteiger partial charge in [0.2, 0.25) is 15.9 Å². The summed E-state index contributed by atoms with van der Waals surface area (Å²) >= 11 is 0. The summed E-state index contributed by atoms with van der Waals surface area (Å²) in [5.41, 5.74) is 6.02. The first-order valence-corrected chi connectivity index (χ1v) is 11.9. The second-order valence-electron chi connectivity index (χ2n) is 7.53. The first-order valence-electron chi connectivity index (χ1n) is 10.0. The van der Waals surface area contributed by atoms with Gasteiger partial charge in [-0.05, 0) is 73.6 Å². The fraction of sp³-hybridized carbons (Fsp3) is 0.435. The van der Waals surface area contributed by atoms with Crippen molar-refractivity contribution in [3.05, 3.63) is 64.2 Å². The Labute approximate surface area is 175 Å². The van der Waals surface area contributed by atoms with Crippen LogP contribution in [0.4, 0.5) is 5.69 Å². The van der Waals surface area contributed by atoms with Crippen LogP contribution in [0.1, 0.15) is 48.6 Å². The van der Waals surface area contributed by atoms with Crippen LogP contribution in [0.3, 0.4) is 0 Å². The molecule has 2 aromatic rings. The van der Waals surface area contributed by atoms with Crippen molar-refractivity contribution >= 4 is 21.6 Å². The summed E-state index contributed by atoms with van der Waals surface area (Å²) in [5, 5.41) is 2.93. The zero-order valence-corrected chi connectivity index (χ0v) is 19.1. The van der Waals surface area contributed by atoms with E-state index in [0.717, 1.165) is 35.8 Å². The molecule has 0 aliphatic carbocycles. The molecule has 0 bridgehead atoms. The second-order valence-corrected chi connectivity index (χ2v) is 9.39. The molecular formula is C23H32N2O3S. The lowest BCUT2D eigenvalue weighted by Gasteiger charge is -2.29. The maximum absolute atomic E-state index is 12.9. The number of hydrogen-bond donors (Lipinski definition) is 1. The third-order valence-corrected chi connectivity index (χ3v) is 6.59. The Kier molecular flexibility index (Phi) is 7.47. The molecule has 0 aliphatic heterocycles. The number of nitrogens with zero attached hydrogens (tertiary/aromatic N) is 1. The molecule has 0 heterocycles. The Morgan fingerprint density at radius 3 is 2.24 bits per heavy atom. The van der Waals surface area contributed by atoms with Crippen molar-refractivity contribution in [3.8, 4) is 0 Å². The van der Waals surface area contributed by atoms with Gasteiger partial charge >= 0.3 is 0 Å². The van der Waals surface area contributed by atoms with Crippen molar-refractivity contribution in [2.75, 3.05) is 10.6 Å². The molecular weight excluding hydrogens is 384 g/mol. The number of carbonyl (C=O) groups is 1. The number of anilines is 1. The van der Waals surface area contributed by atoms with Crippen molar-refractivity contribution in [1.82, 2.24) is 5.32 Å². The van der Waals surface area contributed by atoms with Crippen molar-refractivity contribution in [3.63, 3.8) is 0 Å². The maximum atomic E-state index is 12.9. The average Bonchev–Trinajstić information content (AvgIpc) is 2.67. The zero-order chi connectivity index (χ0) is 21.8. The highest BCUT2D eigenvalue weighted by Gasteiger charge is 2.29. The van der Waals surface area contributed by atoms with E-state index in [-0.39, 0.29) is 5.91 Å². The van der Waals surface area contributed by atoms with Gasteiger partial charge in [-0.2, -0.15) is 0 Å². The highest BCUT2D eigenvalue weighted by molar-refractivity contribution is 7.92. The first kappa shape index (κ1) is 22.9. The van der Waals surface area contributed by atoms with Crippen molar-refractivity contribution in [1.29, 1.82) is 0 Å². The van der Waals surface area contributed by atoms with Crippen LogP contribution in [0.2, 0.25) is 0 Å². The molecule has 0 saturated carbocycles. The van der Waals surface area contributed by atoms with Crippen LogP contribution < -0.4 is 9.62 Å². The predicted molar refractivity (Wildman–Crippen MR) is 120 cm³/mol. The fourth-order valence-electron chi connectivity index (χ4n) is 3.41. The molecule has 0 aliphatic rings. The fourth-order valence-corrected chi connectivity index (χ4v) is 4.58. The molecule has 29 heavy (non-hydrogen) atoms. The summed E-state index contributed by atoms with van der Waals surface area (Å²) in [6.45, 7) is 10.1. The third kappa shape index (κ3) is 5.60. The molecule has 0 radical (unpaired) electrons. The van der Waals surface area contributed by atoms with E-state index in [1.54, 1.807) is 19.1 Å². The monoisotopic (exact) mass is 416 g/mol. The molecule has 158 valence electrons. The number of hydrogen-bond acceptors (Lipinski definition) is 3. The minimum Gasteiger partial charge on any atom is -0.350 e. The normalized spacial score (nSPS) is 12.5. The largest absolute Gasteiger partial charge is 0.350 e. The van der Waals surface area contributed by atoms with Gasteiger partial charge in [0.1, 0.15) is 6.04 Å². The maximum Gasteiger partial charge on any atom is 0.243 e. The van der Waals surface area contributed by atoms with E-state index in [4.69, 9.17) is 0 Å². The Balaban J connectivity index is 2.25.